The van der Waals surface area contributed by atoms with Gasteiger partial charge in [-0.05, 0) is 6.07 Å². The minimum Gasteiger partial charge on any atom is -0.478 e. The van der Waals surface area contributed by atoms with Crippen LogP contribution in [0.1, 0.15) is 74.0 Å². The standard InChI is InChI=1S/C35H22O6/c36-31(22-13-5-1-6-14-22)26-21-27(35(40)41)29(33(38)24-17-9-3-10-18-24)30(34(39)25-19-11-4-12-20-25)28(26)32(37)23-15-7-2-8-16-23/h1-21H,(H,40,41). The maximum absolute atomic E-state index is 14.2. The first-order chi connectivity index (χ1) is 19.9. The Morgan fingerprint density at radius 3 is 1.00 bits per heavy atom. The number of carboxylic acids is 1. The number of rotatable bonds is 9. The number of carboxylic acid groups (broad SMARTS) is 1. The summed E-state index contributed by atoms with van der Waals surface area (Å²) in [6, 6.07) is 32.9. The Morgan fingerprint density at radius 1 is 0.366 bits per heavy atom. The van der Waals surface area contributed by atoms with Crippen LogP contribution >= 0.6 is 0 Å². The van der Waals surface area contributed by atoms with E-state index in [9.17, 15) is 29.1 Å². The summed E-state index contributed by atoms with van der Waals surface area (Å²) in [5, 5.41) is 10.3. The highest BCUT2D eigenvalue weighted by atomic mass is 16.4. The van der Waals surface area contributed by atoms with Crippen molar-refractivity contribution in [1.82, 2.24) is 0 Å². The predicted octanol–water partition coefficient (Wildman–Crippen LogP) is 6.31. The number of benzene rings is 5. The first-order valence-electron chi connectivity index (χ1n) is 12.7. The molecule has 5 aromatic carbocycles. The fraction of sp³-hybridized carbons (Fsp3) is 0. The summed E-state index contributed by atoms with van der Waals surface area (Å²) in [6.45, 7) is 0. The van der Waals surface area contributed by atoms with Crippen molar-refractivity contribution in [3.05, 3.63) is 177 Å². The Morgan fingerprint density at radius 2 is 0.659 bits per heavy atom. The van der Waals surface area contributed by atoms with Crippen molar-refractivity contribution < 1.29 is 29.1 Å². The minimum atomic E-state index is -1.52. The van der Waals surface area contributed by atoms with E-state index in [1.54, 1.807) is 72.8 Å². The van der Waals surface area contributed by atoms with Gasteiger partial charge in [0.2, 0.25) is 0 Å². The van der Waals surface area contributed by atoms with Crippen LogP contribution in [0.5, 0.6) is 0 Å². The maximum atomic E-state index is 14.2. The highest BCUT2D eigenvalue weighted by Gasteiger charge is 2.35. The fourth-order valence-corrected chi connectivity index (χ4v) is 4.68. The lowest BCUT2D eigenvalue weighted by molar-refractivity contribution is 0.0692. The number of carbonyl (C=O) groups is 5. The summed E-state index contributed by atoms with van der Waals surface area (Å²) in [4.78, 5) is 69.0. The molecule has 0 amide bonds. The van der Waals surface area contributed by atoms with Crippen molar-refractivity contribution in [2.45, 2.75) is 0 Å². The topological polar surface area (TPSA) is 106 Å². The van der Waals surface area contributed by atoms with Gasteiger partial charge in [-0.25, -0.2) is 4.79 Å². The van der Waals surface area contributed by atoms with E-state index in [4.69, 9.17) is 0 Å². The van der Waals surface area contributed by atoms with E-state index in [2.05, 4.69) is 0 Å². The quantitative estimate of drug-likeness (QED) is 0.221. The second kappa shape index (κ2) is 11.6. The highest BCUT2D eigenvalue weighted by Crippen LogP contribution is 2.32. The first kappa shape index (κ1) is 26.8. The smallest absolute Gasteiger partial charge is 0.336 e. The van der Waals surface area contributed by atoms with E-state index in [1.807, 2.05) is 0 Å². The maximum Gasteiger partial charge on any atom is 0.336 e. The largest absolute Gasteiger partial charge is 0.478 e. The fourth-order valence-electron chi connectivity index (χ4n) is 4.68. The van der Waals surface area contributed by atoms with Crippen LogP contribution < -0.4 is 0 Å². The summed E-state index contributed by atoms with van der Waals surface area (Å²) in [5.41, 5.74) is -1.46. The average molecular weight is 539 g/mol. The molecule has 0 heterocycles. The van der Waals surface area contributed by atoms with Crippen LogP contribution in [0.15, 0.2) is 127 Å². The molecule has 1 N–H and O–H groups in total. The molecule has 0 bridgehead atoms. The second-order valence-corrected chi connectivity index (χ2v) is 9.18. The first-order valence-corrected chi connectivity index (χ1v) is 12.7. The van der Waals surface area contributed by atoms with Gasteiger partial charge in [0.25, 0.3) is 0 Å². The lowest BCUT2D eigenvalue weighted by atomic mass is 9.80. The Kier molecular flexibility index (Phi) is 7.56. The van der Waals surface area contributed by atoms with Gasteiger partial charge in [-0.2, -0.15) is 0 Å². The molecule has 0 unspecified atom stereocenters. The van der Waals surface area contributed by atoms with Crippen LogP contribution in [0.4, 0.5) is 0 Å². The summed E-state index contributed by atoms with van der Waals surface area (Å²) in [6.07, 6.45) is 0. The molecule has 0 aliphatic heterocycles. The Hall–Kier alpha value is -5.75. The van der Waals surface area contributed by atoms with Gasteiger partial charge in [0.1, 0.15) is 0 Å². The molecule has 198 valence electrons. The zero-order valence-electron chi connectivity index (χ0n) is 21.6. The van der Waals surface area contributed by atoms with Gasteiger partial charge >= 0.3 is 5.97 Å². The molecule has 0 fully saturated rings. The van der Waals surface area contributed by atoms with Crippen molar-refractivity contribution in [2.24, 2.45) is 0 Å². The Labute approximate surface area is 235 Å². The molecule has 0 aliphatic carbocycles. The van der Waals surface area contributed by atoms with Crippen LogP contribution in [-0.4, -0.2) is 34.2 Å². The second-order valence-electron chi connectivity index (χ2n) is 9.18. The average Bonchev–Trinajstić information content (AvgIpc) is 3.04. The highest BCUT2D eigenvalue weighted by molar-refractivity contribution is 6.31. The third kappa shape index (κ3) is 5.27. The van der Waals surface area contributed by atoms with Gasteiger partial charge in [0, 0.05) is 44.5 Å². The SMILES string of the molecule is O=C(O)c1cc(C(=O)c2ccccc2)c(C(=O)c2ccccc2)c(C(=O)c2ccccc2)c1C(=O)c1ccccc1. The monoisotopic (exact) mass is 538 g/mol. The Bertz CT molecular complexity index is 1790. The lowest BCUT2D eigenvalue weighted by Crippen LogP contribution is -2.25. The van der Waals surface area contributed by atoms with Crippen molar-refractivity contribution in [3.8, 4) is 0 Å². The molecule has 0 radical (unpaired) electrons. The molecule has 41 heavy (non-hydrogen) atoms. The van der Waals surface area contributed by atoms with E-state index in [-0.39, 0.29) is 33.4 Å². The van der Waals surface area contributed by atoms with Crippen molar-refractivity contribution in [3.63, 3.8) is 0 Å². The lowest BCUT2D eigenvalue weighted by Gasteiger charge is -2.19. The molecule has 0 atom stereocenters. The van der Waals surface area contributed by atoms with E-state index in [1.165, 1.54) is 48.5 Å². The van der Waals surface area contributed by atoms with Crippen LogP contribution in [0, 0.1) is 0 Å². The molecule has 0 aliphatic rings. The molecule has 5 rings (SSSR count). The third-order valence-corrected chi connectivity index (χ3v) is 6.63. The van der Waals surface area contributed by atoms with Crippen molar-refractivity contribution in [2.75, 3.05) is 0 Å². The zero-order chi connectivity index (χ0) is 28.9. The molecule has 0 spiro atoms. The van der Waals surface area contributed by atoms with Crippen LogP contribution in [-0.2, 0) is 0 Å². The van der Waals surface area contributed by atoms with Crippen LogP contribution in [0.2, 0.25) is 0 Å². The van der Waals surface area contributed by atoms with E-state index < -0.39 is 45.8 Å². The third-order valence-electron chi connectivity index (χ3n) is 6.63. The summed E-state index contributed by atoms with van der Waals surface area (Å²) in [7, 11) is 0. The minimum absolute atomic E-state index is 0.123. The summed E-state index contributed by atoms with van der Waals surface area (Å²) in [5.74, 6) is -4.39. The van der Waals surface area contributed by atoms with Crippen molar-refractivity contribution in [1.29, 1.82) is 0 Å². The zero-order valence-corrected chi connectivity index (χ0v) is 21.6. The molecular weight excluding hydrogens is 516 g/mol. The summed E-state index contributed by atoms with van der Waals surface area (Å²) < 4.78 is 0. The molecule has 0 saturated heterocycles. The van der Waals surface area contributed by atoms with E-state index >= 15 is 0 Å². The number of hydrogen-bond donors (Lipinski definition) is 1. The van der Waals surface area contributed by atoms with Gasteiger partial charge in [-0.15, -0.1) is 0 Å². The molecular formula is C35H22O6. The predicted molar refractivity (Wildman–Crippen MR) is 153 cm³/mol. The Balaban J connectivity index is 1.94. The van der Waals surface area contributed by atoms with Gasteiger partial charge < -0.3 is 5.11 Å². The number of aromatic carboxylic acids is 1. The molecule has 6 heteroatoms. The van der Waals surface area contributed by atoms with Gasteiger partial charge in [0.05, 0.1) is 5.56 Å². The summed E-state index contributed by atoms with van der Waals surface area (Å²) >= 11 is 0. The van der Waals surface area contributed by atoms with E-state index in [0.29, 0.717) is 0 Å². The molecule has 0 aromatic heterocycles. The van der Waals surface area contributed by atoms with Crippen LogP contribution in [0.25, 0.3) is 0 Å². The molecule has 0 saturated carbocycles. The normalized spacial score (nSPS) is 10.5. The van der Waals surface area contributed by atoms with Crippen LogP contribution in [0.3, 0.4) is 0 Å². The number of ketones is 4. The van der Waals surface area contributed by atoms with Gasteiger partial charge in [-0.3, -0.25) is 19.2 Å². The van der Waals surface area contributed by atoms with Crippen molar-refractivity contribution >= 4 is 29.1 Å². The molecule has 6 nitrogen and oxygen atoms in total. The van der Waals surface area contributed by atoms with Gasteiger partial charge in [0.15, 0.2) is 23.1 Å². The van der Waals surface area contributed by atoms with Gasteiger partial charge in [-0.1, -0.05) is 121 Å². The van der Waals surface area contributed by atoms with E-state index in [0.717, 1.165) is 6.07 Å². The molecule has 5 aromatic rings. The number of carbonyl (C=O) groups excluding carboxylic acids is 4. The number of hydrogen-bond acceptors (Lipinski definition) is 5.